The van der Waals surface area contributed by atoms with E-state index in [4.69, 9.17) is 11.6 Å². The van der Waals surface area contributed by atoms with E-state index < -0.39 is 15.8 Å². The molecule has 6 heteroatoms. The van der Waals surface area contributed by atoms with Crippen molar-refractivity contribution < 1.29 is 12.8 Å². The van der Waals surface area contributed by atoms with E-state index >= 15 is 0 Å². The summed E-state index contributed by atoms with van der Waals surface area (Å²) in [5.41, 5.74) is 0.598. The Kier molecular flexibility index (Phi) is 5.98. The maximum absolute atomic E-state index is 13.8. The first kappa shape index (κ1) is 17.4. The second-order valence-corrected chi connectivity index (χ2v) is 7.62. The van der Waals surface area contributed by atoms with E-state index in [1.807, 2.05) is 13.8 Å². The van der Waals surface area contributed by atoms with Gasteiger partial charge in [-0.2, -0.15) is 0 Å². The lowest BCUT2D eigenvalue weighted by atomic mass is 10.1. The Morgan fingerprint density at radius 3 is 2.45 bits per heavy atom. The van der Waals surface area contributed by atoms with Crippen molar-refractivity contribution in [3.63, 3.8) is 0 Å². The van der Waals surface area contributed by atoms with Crippen LogP contribution in [0.15, 0.2) is 17.0 Å². The largest absolute Gasteiger partial charge is 0.243 e. The molecule has 0 aliphatic heterocycles. The number of hydrogen-bond acceptors (Lipinski definition) is 2. The predicted molar refractivity (Wildman–Crippen MR) is 80.0 cm³/mol. The number of benzene rings is 1. The topological polar surface area (TPSA) is 37.4 Å². The fourth-order valence-corrected chi connectivity index (χ4v) is 3.40. The molecule has 0 unspecified atom stereocenters. The molecule has 0 saturated heterocycles. The highest BCUT2D eigenvalue weighted by Gasteiger charge is 2.24. The second-order valence-electron chi connectivity index (χ2n) is 5.34. The quantitative estimate of drug-likeness (QED) is 0.752. The van der Waals surface area contributed by atoms with Gasteiger partial charge in [0.15, 0.2) is 0 Å². The van der Waals surface area contributed by atoms with Crippen LogP contribution in [0.1, 0.15) is 31.4 Å². The minimum Gasteiger partial charge on any atom is -0.207 e. The van der Waals surface area contributed by atoms with Gasteiger partial charge < -0.3 is 0 Å². The third-order valence-electron chi connectivity index (χ3n) is 3.22. The van der Waals surface area contributed by atoms with Gasteiger partial charge in [0, 0.05) is 25.0 Å². The summed E-state index contributed by atoms with van der Waals surface area (Å²) in [5.74, 6) is -0.0613. The number of alkyl halides is 1. The molecule has 0 aliphatic carbocycles. The molecule has 114 valence electrons. The first-order valence-electron chi connectivity index (χ1n) is 6.51. The van der Waals surface area contributed by atoms with E-state index in [9.17, 15) is 12.8 Å². The smallest absolute Gasteiger partial charge is 0.207 e. The van der Waals surface area contributed by atoms with Gasteiger partial charge in [0.1, 0.15) is 5.82 Å². The number of nitrogens with zero attached hydrogens (tertiary/aromatic N) is 1. The first-order chi connectivity index (χ1) is 9.20. The molecule has 1 aromatic rings. The molecule has 0 bridgehead atoms. The summed E-state index contributed by atoms with van der Waals surface area (Å²) in [6.45, 7) is 5.93. The molecule has 0 heterocycles. The lowest BCUT2D eigenvalue weighted by Crippen LogP contribution is -2.29. The van der Waals surface area contributed by atoms with E-state index in [0.717, 1.165) is 6.42 Å². The minimum atomic E-state index is -3.69. The van der Waals surface area contributed by atoms with E-state index in [2.05, 4.69) is 0 Å². The lowest BCUT2D eigenvalue weighted by Gasteiger charge is -2.20. The van der Waals surface area contributed by atoms with Crippen molar-refractivity contribution in [3.8, 4) is 0 Å². The zero-order valence-electron chi connectivity index (χ0n) is 12.3. The summed E-state index contributed by atoms with van der Waals surface area (Å²) in [4.78, 5) is -0.000550. The average molecular weight is 322 g/mol. The van der Waals surface area contributed by atoms with Crippen LogP contribution >= 0.6 is 11.6 Å². The molecule has 0 saturated carbocycles. The van der Waals surface area contributed by atoms with Gasteiger partial charge in [-0.25, -0.2) is 17.1 Å². The molecular formula is C14H21ClFNO2S. The van der Waals surface area contributed by atoms with Crippen molar-refractivity contribution in [3.05, 3.63) is 29.1 Å². The Bertz CT molecular complexity index is 573. The van der Waals surface area contributed by atoms with E-state index in [1.54, 1.807) is 0 Å². The minimum absolute atomic E-state index is 0.000550. The number of rotatable bonds is 6. The zero-order valence-corrected chi connectivity index (χ0v) is 13.9. The summed E-state index contributed by atoms with van der Waals surface area (Å²) >= 11 is 5.68. The molecule has 0 aromatic heterocycles. The Morgan fingerprint density at radius 1 is 1.35 bits per heavy atom. The molecule has 0 N–H and O–H groups in total. The van der Waals surface area contributed by atoms with Crippen molar-refractivity contribution in [1.82, 2.24) is 4.31 Å². The van der Waals surface area contributed by atoms with Gasteiger partial charge in [0.25, 0.3) is 0 Å². The number of hydrogen-bond donors (Lipinski definition) is 0. The third kappa shape index (κ3) is 3.93. The van der Waals surface area contributed by atoms with Gasteiger partial charge in [-0.15, -0.1) is 11.6 Å². The van der Waals surface area contributed by atoms with Crippen LogP contribution in [0.25, 0.3) is 0 Å². The second kappa shape index (κ2) is 6.87. The van der Waals surface area contributed by atoms with Crippen LogP contribution in [0.5, 0.6) is 0 Å². The highest BCUT2D eigenvalue weighted by Crippen LogP contribution is 2.24. The Balaban J connectivity index is 3.18. The standard InChI is InChI=1S/C14H21ClFNO2S/c1-10(2)5-6-17(4)20(18,19)14-8-12(9-15)7-13(16)11(14)3/h7-8,10H,5-6,9H2,1-4H3. The summed E-state index contributed by atoms with van der Waals surface area (Å²) in [5, 5.41) is 0. The van der Waals surface area contributed by atoms with Crippen LogP contribution in [0.3, 0.4) is 0 Å². The van der Waals surface area contributed by atoms with E-state index in [1.165, 1.54) is 30.4 Å². The van der Waals surface area contributed by atoms with Crippen molar-refractivity contribution in [2.75, 3.05) is 13.6 Å². The summed E-state index contributed by atoms with van der Waals surface area (Å²) in [6.07, 6.45) is 0.756. The maximum Gasteiger partial charge on any atom is 0.243 e. The van der Waals surface area contributed by atoms with Crippen LogP contribution in [0, 0.1) is 18.7 Å². The molecule has 0 fully saturated rings. The molecule has 1 rings (SSSR count). The van der Waals surface area contributed by atoms with Crippen molar-refractivity contribution >= 4 is 21.6 Å². The van der Waals surface area contributed by atoms with Gasteiger partial charge >= 0.3 is 0 Å². The van der Waals surface area contributed by atoms with Crippen molar-refractivity contribution in [1.29, 1.82) is 0 Å². The number of sulfonamides is 1. The Morgan fingerprint density at radius 2 is 1.95 bits per heavy atom. The summed E-state index contributed by atoms with van der Waals surface area (Å²) in [6, 6.07) is 2.72. The molecule has 0 amide bonds. The van der Waals surface area contributed by atoms with Gasteiger partial charge in [-0.05, 0) is 37.0 Å². The molecule has 3 nitrogen and oxygen atoms in total. The van der Waals surface area contributed by atoms with Crippen molar-refractivity contribution in [2.24, 2.45) is 5.92 Å². The normalized spacial score (nSPS) is 12.4. The Hall–Kier alpha value is -0.650. The van der Waals surface area contributed by atoms with Gasteiger partial charge in [-0.3, -0.25) is 0 Å². The number of halogens is 2. The highest BCUT2D eigenvalue weighted by atomic mass is 35.5. The summed E-state index contributed by atoms with van der Waals surface area (Å²) < 4.78 is 40.1. The predicted octanol–water partition coefficient (Wildman–Crippen LogP) is 3.54. The highest BCUT2D eigenvalue weighted by molar-refractivity contribution is 7.89. The van der Waals surface area contributed by atoms with Crippen LogP contribution in [0.4, 0.5) is 4.39 Å². The average Bonchev–Trinajstić information content (AvgIpc) is 2.38. The van der Waals surface area contributed by atoms with Crippen molar-refractivity contribution in [2.45, 2.75) is 38.0 Å². The van der Waals surface area contributed by atoms with Crippen LogP contribution < -0.4 is 0 Å². The fourth-order valence-electron chi connectivity index (χ4n) is 1.78. The monoisotopic (exact) mass is 321 g/mol. The maximum atomic E-state index is 13.8. The molecule has 0 spiro atoms. The summed E-state index contributed by atoms with van der Waals surface area (Å²) in [7, 11) is -2.17. The molecule has 0 radical (unpaired) electrons. The third-order valence-corrected chi connectivity index (χ3v) is 5.51. The van der Waals surface area contributed by atoms with Gasteiger partial charge in [-0.1, -0.05) is 13.8 Å². The van der Waals surface area contributed by atoms with Crippen LogP contribution in [-0.4, -0.2) is 26.3 Å². The van der Waals surface area contributed by atoms with E-state index in [-0.39, 0.29) is 16.3 Å². The molecule has 0 atom stereocenters. The SMILES string of the molecule is Cc1c(F)cc(CCl)cc1S(=O)(=O)N(C)CCC(C)C. The van der Waals surface area contributed by atoms with Crippen LogP contribution in [0.2, 0.25) is 0 Å². The first-order valence-corrected chi connectivity index (χ1v) is 8.49. The zero-order chi connectivity index (χ0) is 15.5. The van der Waals surface area contributed by atoms with Gasteiger partial charge in [0.2, 0.25) is 10.0 Å². The lowest BCUT2D eigenvalue weighted by molar-refractivity contribution is 0.427. The Labute approximate surface area is 125 Å². The molecule has 0 aliphatic rings. The van der Waals surface area contributed by atoms with Crippen LogP contribution in [-0.2, 0) is 15.9 Å². The van der Waals surface area contributed by atoms with Gasteiger partial charge in [0.05, 0.1) is 4.90 Å². The van der Waals surface area contributed by atoms with E-state index in [0.29, 0.717) is 18.0 Å². The molecule has 20 heavy (non-hydrogen) atoms. The molecule has 1 aromatic carbocycles. The fraction of sp³-hybridized carbons (Fsp3) is 0.571. The molecular weight excluding hydrogens is 301 g/mol.